The molecule has 1 aliphatic rings. The van der Waals surface area contributed by atoms with Crippen LogP contribution >= 0.6 is 0 Å². The summed E-state index contributed by atoms with van der Waals surface area (Å²) in [5, 5.41) is 8.93. The summed E-state index contributed by atoms with van der Waals surface area (Å²) in [5.41, 5.74) is 1.63. The number of carbonyl (C=O) groups is 1. The number of hydrogen-bond donors (Lipinski definition) is 1. The van der Waals surface area contributed by atoms with E-state index in [2.05, 4.69) is 18.8 Å². The molecule has 4 heteroatoms. The van der Waals surface area contributed by atoms with Crippen molar-refractivity contribution in [1.29, 1.82) is 0 Å². The average molecular weight is 234 g/mol. The van der Waals surface area contributed by atoms with Gasteiger partial charge in [-0.05, 0) is 18.1 Å². The summed E-state index contributed by atoms with van der Waals surface area (Å²) in [6.07, 6.45) is 1.69. The topological polar surface area (TPSA) is 53.4 Å². The first-order valence-electron chi connectivity index (χ1n) is 5.98. The third-order valence-corrected chi connectivity index (χ3v) is 3.12. The Bertz CT molecular complexity index is 412. The van der Waals surface area contributed by atoms with Crippen molar-refractivity contribution in [2.45, 2.75) is 19.8 Å². The number of aromatic nitrogens is 1. The Kier molecular flexibility index (Phi) is 3.43. The third kappa shape index (κ3) is 2.47. The fourth-order valence-corrected chi connectivity index (χ4v) is 1.93. The predicted octanol–water partition coefficient (Wildman–Crippen LogP) is 1.27. The number of aliphatic hydroxyl groups is 1. The predicted molar refractivity (Wildman–Crippen MR) is 64.8 cm³/mol. The van der Waals surface area contributed by atoms with Crippen LogP contribution in [0.15, 0.2) is 18.3 Å². The smallest absolute Gasteiger partial charge is 0.253 e. The van der Waals surface area contributed by atoms with Gasteiger partial charge in [-0.2, -0.15) is 0 Å². The second-order valence-electron chi connectivity index (χ2n) is 4.88. The highest BCUT2D eigenvalue weighted by molar-refractivity contribution is 5.94. The van der Waals surface area contributed by atoms with Crippen LogP contribution in [0, 0.1) is 5.92 Å². The third-order valence-electron chi connectivity index (χ3n) is 3.12. The van der Waals surface area contributed by atoms with E-state index in [4.69, 9.17) is 5.11 Å². The molecule has 1 aromatic heterocycles. The van der Waals surface area contributed by atoms with Crippen LogP contribution in [0.2, 0.25) is 0 Å². The molecular formula is C13H18N2O2. The minimum Gasteiger partial charge on any atom is -0.396 e. The molecule has 2 heterocycles. The van der Waals surface area contributed by atoms with E-state index in [1.165, 1.54) is 0 Å². The zero-order chi connectivity index (χ0) is 12.4. The van der Waals surface area contributed by atoms with Crippen molar-refractivity contribution in [2.75, 3.05) is 19.7 Å². The molecule has 0 unspecified atom stereocenters. The van der Waals surface area contributed by atoms with Crippen LogP contribution in [-0.4, -0.2) is 40.6 Å². The Balaban J connectivity index is 2.07. The SMILES string of the molecule is CC(C)c1cc(C(=O)N2CC(CO)C2)ccn1. The van der Waals surface area contributed by atoms with Gasteiger partial charge in [0.05, 0.1) is 0 Å². The number of aliphatic hydroxyl groups excluding tert-OH is 1. The van der Waals surface area contributed by atoms with Crippen molar-refractivity contribution in [3.8, 4) is 0 Å². The fourth-order valence-electron chi connectivity index (χ4n) is 1.93. The monoisotopic (exact) mass is 234 g/mol. The Morgan fingerprint density at radius 2 is 2.29 bits per heavy atom. The lowest BCUT2D eigenvalue weighted by Gasteiger charge is -2.38. The maximum Gasteiger partial charge on any atom is 0.253 e. The Hall–Kier alpha value is -1.42. The molecular weight excluding hydrogens is 216 g/mol. The highest BCUT2D eigenvalue weighted by atomic mass is 16.3. The van der Waals surface area contributed by atoms with E-state index in [9.17, 15) is 4.79 Å². The van der Waals surface area contributed by atoms with Gasteiger partial charge in [-0.25, -0.2) is 0 Å². The van der Waals surface area contributed by atoms with Gasteiger partial charge < -0.3 is 10.0 Å². The van der Waals surface area contributed by atoms with Crippen LogP contribution in [0.4, 0.5) is 0 Å². The molecule has 4 nitrogen and oxygen atoms in total. The molecule has 0 saturated carbocycles. The summed E-state index contributed by atoms with van der Waals surface area (Å²) < 4.78 is 0. The van der Waals surface area contributed by atoms with Crippen molar-refractivity contribution in [3.05, 3.63) is 29.6 Å². The molecule has 1 aromatic rings. The van der Waals surface area contributed by atoms with E-state index in [-0.39, 0.29) is 18.4 Å². The number of likely N-dealkylation sites (tertiary alicyclic amines) is 1. The summed E-state index contributed by atoms with van der Waals surface area (Å²) >= 11 is 0. The highest BCUT2D eigenvalue weighted by Crippen LogP contribution is 2.19. The molecule has 0 atom stereocenters. The molecule has 92 valence electrons. The minimum atomic E-state index is 0.0407. The summed E-state index contributed by atoms with van der Waals surface area (Å²) in [4.78, 5) is 18.1. The van der Waals surface area contributed by atoms with Gasteiger partial charge in [0.2, 0.25) is 0 Å². The molecule has 0 aromatic carbocycles. The average Bonchev–Trinajstić information content (AvgIpc) is 2.27. The Morgan fingerprint density at radius 3 is 2.88 bits per heavy atom. The van der Waals surface area contributed by atoms with Crippen molar-refractivity contribution >= 4 is 5.91 Å². The molecule has 1 saturated heterocycles. The van der Waals surface area contributed by atoms with Crippen LogP contribution in [0.1, 0.15) is 35.8 Å². The van der Waals surface area contributed by atoms with Gasteiger partial charge in [-0.1, -0.05) is 13.8 Å². The summed E-state index contributed by atoms with van der Waals surface area (Å²) in [5.74, 6) is 0.619. The van der Waals surface area contributed by atoms with Gasteiger partial charge in [0.1, 0.15) is 0 Å². The number of carbonyl (C=O) groups excluding carboxylic acids is 1. The number of pyridine rings is 1. The molecule has 1 aliphatic heterocycles. The first-order valence-corrected chi connectivity index (χ1v) is 5.98. The van der Waals surface area contributed by atoms with Crippen molar-refractivity contribution in [1.82, 2.24) is 9.88 Å². The molecule has 1 amide bonds. The van der Waals surface area contributed by atoms with Crippen LogP contribution < -0.4 is 0 Å². The lowest BCUT2D eigenvalue weighted by Crippen LogP contribution is -2.51. The molecule has 0 spiro atoms. The Morgan fingerprint density at radius 1 is 1.59 bits per heavy atom. The quantitative estimate of drug-likeness (QED) is 0.857. The first-order chi connectivity index (χ1) is 8.11. The van der Waals surface area contributed by atoms with E-state index in [1.54, 1.807) is 17.2 Å². The van der Waals surface area contributed by atoms with Crippen LogP contribution in [0.25, 0.3) is 0 Å². The Labute approximate surface area is 101 Å². The standard InChI is InChI=1S/C13H18N2O2/c1-9(2)12-5-11(3-4-14-12)13(17)15-6-10(7-15)8-16/h3-5,9-10,16H,6-8H2,1-2H3. The molecule has 1 N–H and O–H groups in total. The van der Waals surface area contributed by atoms with Crippen LogP contribution in [-0.2, 0) is 0 Å². The van der Waals surface area contributed by atoms with Crippen molar-refractivity contribution in [3.63, 3.8) is 0 Å². The second-order valence-corrected chi connectivity index (χ2v) is 4.88. The van der Waals surface area contributed by atoms with E-state index in [0.717, 1.165) is 5.69 Å². The van der Waals surface area contributed by atoms with Gasteiger partial charge >= 0.3 is 0 Å². The molecule has 0 radical (unpaired) electrons. The van der Waals surface area contributed by atoms with E-state index in [1.807, 2.05) is 6.07 Å². The highest BCUT2D eigenvalue weighted by Gasteiger charge is 2.30. The van der Waals surface area contributed by atoms with Gasteiger partial charge in [-0.15, -0.1) is 0 Å². The lowest BCUT2D eigenvalue weighted by atomic mass is 9.99. The van der Waals surface area contributed by atoms with Gasteiger partial charge in [0.25, 0.3) is 5.91 Å². The lowest BCUT2D eigenvalue weighted by molar-refractivity contribution is 0.0362. The van der Waals surface area contributed by atoms with E-state index in [0.29, 0.717) is 24.6 Å². The van der Waals surface area contributed by atoms with Crippen LogP contribution in [0.5, 0.6) is 0 Å². The van der Waals surface area contributed by atoms with Gasteiger partial charge in [-0.3, -0.25) is 9.78 Å². The van der Waals surface area contributed by atoms with Gasteiger partial charge in [0, 0.05) is 43.1 Å². The number of amides is 1. The minimum absolute atomic E-state index is 0.0407. The van der Waals surface area contributed by atoms with Gasteiger partial charge in [0.15, 0.2) is 0 Å². The zero-order valence-corrected chi connectivity index (χ0v) is 10.3. The molecule has 2 rings (SSSR count). The largest absolute Gasteiger partial charge is 0.396 e. The van der Waals surface area contributed by atoms with Crippen LogP contribution in [0.3, 0.4) is 0 Å². The second kappa shape index (κ2) is 4.84. The first kappa shape index (κ1) is 12.0. The number of hydrogen-bond acceptors (Lipinski definition) is 3. The zero-order valence-electron chi connectivity index (χ0n) is 10.3. The van der Waals surface area contributed by atoms with Crippen molar-refractivity contribution in [2.24, 2.45) is 5.92 Å². The number of rotatable bonds is 3. The molecule has 0 aliphatic carbocycles. The summed E-state index contributed by atoms with van der Waals surface area (Å²) in [7, 11) is 0. The summed E-state index contributed by atoms with van der Waals surface area (Å²) in [6, 6.07) is 3.61. The van der Waals surface area contributed by atoms with E-state index >= 15 is 0 Å². The summed E-state index contributed by atoms with van der Waals surface area (Å²) in [6.45, 7) is 5.60. The molecule has 17 heavy (non-hydrogen) atoms. The maximum absolute atomic E-state index is 12.1. The fraction of sp³-hybridized carbons (Fsp3) is 0.538. The van der Waals surface area contributed by atoms with Crippen molar-refractivity contribution < 1.29 is 9.90 Å². The maximum atomic E-state index is 12.1. The number of nitrogens with zero attached hydrogens (tertiary/aromatic N) is 2. The molecule has 0 bridgehead atoms. The molecule has 1 fully saturated rings. The normalized spacial score (nSPS) is 16.1. The van der Waals surface area contributed by atoms with E-state index < -0.39 is 0 Å².